The number of hydrogen-bond donors (Lipinski definition) is 1. The molecule has 0 saturated heterocycles. The normalized spacial score (nSPS) is 33.8. The van der Waals surface area contributed by atoms with Crippen LogP contribution in [0.5, 0.6) is 5.75 Å². The summed E-state index contributed by atoms with van der Waals surface area (Å²) in [6.45, 7) is 0. The average molecular weight is 266 g/mol. The van der Waals surface area contributed by atoms with Crippen molar-refractivity contribution in [2.75, 3.05) is 7.11 Å². The minimum atomic E-state index is -0.640. The summed E-state index contributed by atoms with van der Waals surface area (Å²) in [6.07, 6.45) is 3.83. The van der Waals surface area contributed by atoms with Gasteiger partial charge in [0.15, 0.2) is 0 Å². The molecule has 1 spiro atoms. The first kappa shape index (κ1) is 12.9. The smallest absolute Gasteiger partial charge is 0.126 e. The van der Waals surface area contributed by atoms with Crippen molar-refractivity contribution in [2.45, 2.75) is 49.9 Å². The number of benzene rings is 1. The first-order valence-corrected chi connectivity index (χ1v) is 6.81. The van der Waals surface area contributed by atoms with E-state index in [-0.39, 0.29) is 11.4 Å². The number of methoxy groups -OCH3 is 1. The molecule has 1 aromatic rings. The van der Waals surface area contributed by atoms with Crippen molar-refractivity contribution in [1.29, 1.82) is 0 Å². The number of fused-ring (bicyclic) bond motifs is 1. The van der Waals surface area contributed by atoms with E-state index < -0.39 is 6.10 Å². The summed E-state index contributed by atoms with van der Waals surface area (Å²) in [5.41, 5.74) is 0.263. The largest absolute Gasteiger partial charge is 0.487 e. The van der Waals surface area contributed by atoms with Gasteiger partial charge in [0.05, 0.1) is 12.2 Å². The van der Waals surface area contributed by atoms with Gasteiger partial charge in [0.25, 0.3) is 0 Å². The lowest BCUT2D eigenvalue weighted by atomic mass is 9.77. The standard InChI is InChI=1S/C15H19FO3/c1-18-11-4-6-15(7-5-11)9-13(17)12-8-10(16)2-3-14(12)19-15/h2-3,8,11,13,17H,4-7,9H2,1H3/t11?,13-,15?/m0/s1. The van der Waals surface area contributed by atoms with E-state index in [0.717, 1.165) is 25.7 Å². The maximum atomic E-state index is 13.2. The summed E-state index contributed by atoms with van der Waals surface area (Å²) in [5.74, 6) is 0.288. The molecule has 0 aromatic heterocycles. The van der Waals surface area contributed by atoms with Gasteiger partial charge in [-0.1, -0.05) is 0 Å². The Balaban J connectivity index is 1.83. The van der Waals surface area contributed by atoms with E-state index in [1.54, 1.807) is 13.2 Å². The van der Waals surface area contributed by atoms with Gasteiger partial charge < -0.3 is 14.6 Å². The summed E-state index contributed by atoms with van der Waals surface area (Å²) in [7, 11) is 1.73. The molecule has 3 rings (SSSR count). The van der Waals surface area contributed by atoms with Gasteiger partial charge >= 0.3 is 0 Å². The zero-order chi connectivity index (χ0) is 13.5. The first-order chi connectivity index (χ1) is 9.12. The maximum Gasteiger partial charge on any atom is 0.126 e. The molecular weight excluding hydrogens is 247 g/mol. The molecule has 2 aliphatic rings. The molecule has 1 aromatic carbocycles. The van der Waals surface area contributed by atoms with Crippen LogP contribution in [0.25, 0.3) is 0 Å². The van der Waals surface area contributed by atoms with E-state index in [9.17, 15) is 9.50 Å². The Bertz CT molecular complexity index is 466. The minimum absolute atomic E-state index is 0.293. The van der Waals surface area contributed by atoms with Crippen molar-refractivity contribution in [3.8, 4) is 5.75 Å². The Morgan fingerprint density at radius 2 is 2.11 bits per heavy atom. The Hall–Kier alpha value is -1.13. The van der Waals surface area contributed by atoms with Crippen molar-refractivity contribution in [3.05, 3.63) is 29.6 Å². The van der Waals surface area contributed by atoms with Gasteiger partial charge in [0.1, 0.15) is 17.2 Å². The second-order valence-corrected chi connectivity index (χ2v) is 5.62. The fraction of sp³-hybridized carbons (Fsp3) is 0.600. The summed E-state index contributed by atoms with van der Waals surface area (Å²) < 4.78 is 24.7. The SMILES string of the molecule is COC1CCC2(CC1)C[C@H](O)c1cc(F)ccc1O2. The van der Waals surface area contributed by atoms with E-state index in [4.69, 9.17) is 9.47 Å². The summed E-state index contributed by atoms with van der Waals surface area (Å²) in [6, 6.07) is 4.37. The third-order valence-corrected chi connectivity index (χ3v) is 4.40. The highest BCUT2D eigenvalue weighted by atomic mass is 19.1. The Labute approximate surface area is 112 Å². The molecule has 104 valence electrons. The number of hydrogen-bond acceptors (Lipinski definition) is 3. The van der Waals surface area contributed by atoms with Gasteiger partial charge in [0, 0.05) is 19.1 Å². The van der Waals surface area contributed by atoms with E-state index in [1.807, 2.05) is 0 Å². The molecule has 1 atom stereocenters. The molecule has 0 radical (unpaired) electrons. The van der Waals surface area contributed by atoms with Crippen LogP contribution in [0, 0.1) is 5.82 Å². The fourth-order valence-electron chi connectivity index (χ4n) is 3.27. The lowest BCUT2D eigenvalue weighted by Crippen LogP contribution is -2.45. The molecule has 0 bridgehead atoms. The van der Waals surface area contributed by atoms with Crippen LogP contribution in [0.2, 0.25) is 0 Å². The Morgan fingerprint density at radius 1 is 1.37 bits per heavy atom. The maximum absolute atomic E-state index is 13.2. The topological polar surface area (TPSA) is 38.7 Å². The lowest BCUT2D eigenvalue weighted by Gasteiger charge is -2.44. The van der Waals surface area contributed by atoms with Gasteiger partial charge in [0.2, 0.25) is 0 Å². The average Bonchev–Trinajstić information content (AvgIpc) is 2.41. The van der Waals surface area contributed by atoms with Crippen molar-refractivity contribution >= 4 is 0 Å². The highest BCUT2D eigenvalue weighted by Gasteiger charge is 2.43. The lowest BCUT2D eigenvalue weighted by molar-refractivity contribution is -0.0673. The van der Waals surface area contributed by atoms with Crippen molar-refractivity contribution in [3.63, 3.8) is 0 Å². The predicted molar refractivity (Wildman–Crippen MR) is 68.6 cm³/mol. The number of aliphatic hydroxyl groups excluding tert-OH is 1. The number of rotatable bonds is 1. The molecule has 1 fully saturated rings. The second kappa shape index (κ2) is 4.76. The summed E-state index contributed by atoms with van der Waals surface area (Å²) in [4.78, 5) is 0. The molecule has 3 nitrogen and oxygen atoms in total. The van der Waals surface area contributed by atoms with Gasteiger partial charge in [-0.2, -0.15) is 0 Å². The molecule has 0 unspecified atom stereocenters. The number of aliphatic hydroxyl groups is 1. The van der Waals surface area contributed by atoms with Crippen molar-refractivity contribution < 1.29 is 19.0 Å². The van der Waals surface area contributed by atoms with Gasteiger partial charge in [-0.25, -0.2) is 4.39 Å². The van der Waals surface area contributed by atoms with Crippen LogP contribution < -0.4 is 4.74 Å². The Morgan fingerprint density at radius 3 is 2.79 bits per heavy atom. The molecular formula is C15H19FO3. The predicted octanol–water partition coefficient (Wildman–Crippen LogP) is 2.97. The van der Waals surface area contributed by atoms with E-state index in [0.29, 0.717) is 23.8 Å². The highest BCUT2D eigenvalue weighted by molar-refractivity contribution is 5.38. The van der Waals surface area contributed by atoms with Gasteiger partial charge in [-0.05, 0) is 43.9 Å². The molecule has 19 heavy (non-hydrogen) atoms. The quantitative estimate of drug-likeness (QED) is 0.849. The molecule has 1 heterocycles. The monoisotopic (exact) mass is 266 g/mol. The Kier molecular flexibility index (Phi) is 3.23. The summed E-state index contributed by atoms with van der Waals surface area (Å²) >= 11 is 0. The molecule has 1 N–H and O–H groups in total. The highest BCUT2D eigenvalue weighted by Crippen LogP contribution is 2.46. The zero-order valence-corrected chi connectivity index (χ0v) is 11.1. The zero-order valence-electron chi connectivity index (χ0n) is 11.1. The van der Waals surface area contributed by atoms with Crippen molar-refractivity contribution in [2.24, 2.45) is 0 Å². The summed E-state index contributed by atoms with van der Waals surface area (Å²) in [5, 5.41) is 10.2. The number of ether oxygens (including phenoxy) is 2. The fourth-order valence-corrected chi connectivity index (χ4v) is 3.27. The van der Waals surface area contributed by atoms with Gasteiger partial charge in [-0.15, -0.1) is 0 Å². The van der Waals surface area contributed by atoms with E-state index in [1.165, 1.54) is 12.1 Å². The molecule has 1 aliphatic carbocycles. The van der Waals surface area contributed by atoms with E-state index in [2.05, 4.69) is 0 Å². The number of halogens is 1. The van der Waals surface area contributed by atoms with Crippen LogP contribution in [-0.4, -0.2) is 23.9 Å². The third kappa shape index (κ3) is 2.35. The van der Waals surface area contributed by atoms with Gasteiger partial charge in [-0.3, -0.25) is 0 Å². The van der Waals surface area contributed by atoms with Crippen molar-refractivity contribution in [1.82, 2.24) is 0 Å². The van der Waals surface area contributed by atoms with Crippen LogP contribution in [-0.2, 0) is 4.74 Å². The van der Waals surface area contributed by atoms with E-state index >= 15 is 0 Å². The van der Waals surface area contributed by atoms with Crippen LogP contribution in [0.3, 0.4) is 0 Å². The molecule has 1 aliphatic heterocycles. The molecule has 4 heteroatoms. The minimum Gasteiger partial charge on any atom is -0.487 e. The van der Waals surface area contributed by atoms with Crippen LogP contribution >= 0.6 is 0 Å². The molecule has 1 saturated carbocycles. The first-order valence-electron chi connectivity index (χ1n) is 6.81. The van der Waals surface area contributed by atoms with Crippen LogP contribution in [0.15, 0.2) is 18.2 Å². The third-order valence-electron chi connectivity index (χ3n) is 4.40. The van der Waals surface area contributed by atoms with Crippen LogP contribution in [0.4, 0.5) is 4.39 Å². The van der Waals surface area contributed by atoms with Crippen LogP contribution in [0.1, 0.15) is 43.8 Å². The molecule has 0 amide bonds. The second-order valence-electron chi connectivity index (χ2n) is 5.62.